The first-order valence-electron chi connectivity index (χ1n) is 6.35. The lowest BCUT2D eigenvalue weighted by molar-refractivity contribution is 0.0796. The fraction of sp³-hybridized carbons (Fsp3) is 0.571. The summed E-state index contributed by atoms with van der Waals surface area (Å²) in [4.78, 5) is 3.63. The summed E-state index contributed by atoms with van der Waals surface area (Å²) in [5, 5.41) is 2.09. The van der Waals surface area contributed by atoms with E-state index in [4.69, 9.17) is 10.5 Å². The van der Waals surface area contributed by atoms with Gasteiger partial charge < -0.3 is 10.5 Å². The Morgan fingerprint density at radius 1 is 1.61 bits per heavy atom. The van der Waals surface area contributed by atoms with Gasteiger partial charge in [0, 0.05) is 30.1 Å². The second kappa shape index (κ2) is 6.91. The zero-order valence-corrected chi connectivity index (χ0v) is 11.6. The third-order valence-electron chi connectivity index (χ3n) is 3.02. The zero-order chi connectivity index (χ0) is 12.8. The fourth-order valence-corrected chi connectivity index (χ4v) is 3.08. The lowest BCUT2D eigenvalue weighted by Gasteiger charge is -2.19. The first-order valence-corrected chi connectivity index (χ1v) is 7.23. The molecule has 0 saturated carbocycles. The van der Waals surface area contributed by atoms with Gasteiger partial charge in [-0.2, -0.15) is 0 Å². The van der Waals surface area contributed by atoms with E-state index in [0.29, 0.717) is 12.6 Å². The van der Waals surface area contributed by atoms with Crippen molar-refractivity contribution in [1.82, 2.24) is 4.90 Å². The maximum Gasteiger partial charge on any atom is 0.0702 e. The minimum Gasteiger partial charge on any atom is -0.377 e. The molecular formula is C14H20N2OS. The minimum absolute atomic E-state index is 0.411. The van der Waals surface area contributed by atoms with E-state index in [0.717, 1.165) is 25.3 Å². The number of hydrogen-bond donors (Lipinski definition) is 1. The van der Waals surface area contributed by atoms with Gasteiger partial charge in [0.25, 0.3) is 0 Å². The third-order valence-corrected chi connectivity index (χ3v) is 3.93. The van der Waals surface area contributed by atoms with Crippen LogP contribution in [0.15, 0.2) is 11.4 Å². The van der Waals surface area contributed by atoms with Gasteiger partial charge in [0.15, 0.2) is 0 Å². The predicted octanol–water partition coefficient (Wildman–Crippen LogP) is 1.67. The van der Waals surface area contributed by atoms with Gasteiger partial charge in [-0.1, -0.05) is 11.8 Å². The Labute approximate surface area is 113 Å². The van der Waals surface area contributed by atoms with Crippen LogP contribution in [0.4, 0.5) is 0 Å². The first-order chi connectivity index (χ1) is 8.79. The van der Waals surface area contributed by atoms with E-state index in [2.05, 4.69) is 35.2 Å². The van der Waals surface area contributed by atoms with Crippen molar-refractivity contribution in [3.63, 3.8) is 0 Å². The maximum absolute atomic E-state index is 5.66. The van der Waals surface area contributed by atoms with Gasteiger partial charge in [-0.15, -0.1) is 11.3 Å². The Morgan fingerprint density at radius 2 is 2.50 bits per heavy atom. The van der Waals surface area contributed by atoms with Crippen LogP contribution in [0.2, 0.25) is 0 Å². The monoisotopic (exact) mass is 264 g/mol. The molecule has 2 rings (SSSR count). The molecule has 1 atom stereocenters. The molecule has 0 radical (unpaired) electrons. The number of likely N-dealkylation sites (N-methyl/N-ethyl adjacent to an activating group) is 1. The molecule has 0 bridgehead atoms. The second-order valence-electron chi connectivity index (χ2n) is 4.60. The van der Waals surface area contributed by atoms with Gasteiger partial charge >= 0.3 is 0 Å². The van der Waals surface area contributed by atoms with Crippen LogP contribution >= 0.6 is 11.3 Å². The van der Waals surface area contributed by atoms with Gasteiger partial charge in [-0.05, 0) is 31.3 Å². The normalized spacial score (nSPS) is 18.9. The van der Waals surface area contributed by atoms with Crippen LogP contribution in [0.3, 0.4) is 0 Å². The summed E-state index contributed by atoms with van der Waals surface area (Å²) < 4.78 is 5.66. The average molecular weight is 264 g/mol. The van der Waals surface area contributed by atoms with Crippen LogP contribution in [-0.2, 0) is 11.3 Å². The largest absolute Gasteiger partial charge is 0.377 e. The van der Waals surface area contributed by atoms with Gasteiger partial charge in [-0.25, -0.2) is 0 Å². The van der Waals surface area contributed by atoms with E-state index in [1.807, 2.05) is 0 Å². The predicted molar refractivity (Wildman–Crippen MR) is 75.6 cm³/mol. The van der Waals surface area contributed by atoms with Crippen molar-refractivity contribution >= 4 is 11.3 Å². The molecule has 2 heterocycles. The molecule has 4 heteroatoms. The molecule has 2 N–H and O–H groups in total. The Kier molecular flexibility index (Phi) is 5.21. The van der Waals surface area contributed by atoms with Crippen LogP contribution in [0, 0.1) is 11.8 Å². The number of ether oxygens (including phenoxy) is 1. The first kappa shape index (κ1) is 13.6. The lowest BCUT2D eigenvalue weighted by Crippen LogP contribution is -2.28. The molecule has 0 amide bonds. The molecule has 1 fully saturated rings. The topological polar surface area (TPSA) is 38.5 Å². The Morgan fingerprint density at radius 3 is 3.22 bits per heavy atom. The van der Waals surface area contributed by atoms with Crippen molar-refractivity contribution < 1.29 is 4.74 Å². The number of hydrogen-bond acceptors (Lipinski definition) is 4. The van der Waals surface area contributed by atoms with E-state index in [9.17, 15) is 0 Å². The molecule has 0 spiro atoms. The Bertz CT molecular complexity index is 426. The van der Waals surface area contributed by atoms with Crippen LogP contribution in [0.1, 0.15) is 23.3 Å². The number of rotatable bonds is 4. The van der Waals surface area contributed by atoms with Gasteiger partial charge in [-0.3, -0.25) is 4.90 Å². The van der Waals surface area contributed by atoms with Crippen LogP contribution in [-0.4, -0.2) is 37.7 Å². The minimum atomic E-state index is 0.411. The number of thiophene rings is 1. The van der Waals surface area contributed by atoms with E-state index >= 15 is 0 Å². The van der Waals surface area contributed by atoms with Crippen molar-refractivity contribution in [3.8, 4) is 11.8 Å². The highest BCUT2D eigenvalue weighted by molar-refractivity contribution is 7.10. The highest BCUT2D eigenvalue weighted by Crippen LogP contribution is 2.19. The molecule has 98 valence electrons. The summed E-state index contributed by atoms with van der Waals surface area (Å²) in [6, 6.07) is 2.07. The van der Waals surface area contributed by atoms with Gasteiger partial charge in [0.05, 0.1) is 12.6 Å². The van der Waals surface area contributed by atoms with E-state index in [-0.39, 0.29) is 0 Å². The summed E-state index contributed by atoms with van der Waals surface area (Å²) >= 11 is 1.76. The molecule has 3 nitrogen and oxygen atoms in total. The van der Waals surface area contributed by atoms with Crippen LogP contribution in [0.5, 0.6) is 0 Å². The Hall–Kier alpha value is -0.860. The molecule has 1 aliphatic heterocycles. The van der Waals surface area contributed by atoms with Crippen molar-refractivity contribution in [3.05, 3.63) is 21.9 Å². The third kappa shape index (κ3) is 3.82. The standard InChI is InChI=1S/C14H20N2OS/c1-16(10-13-5-3-8-17-13)11-14-12(4-2-7-15)6-9-18-14/h6,9,13H,3,5,7-8,10-11,15H2,1H3. The molecule has 1 saturated heterocycles. The average Bonchev–Trinajstić information content (AvgIpc) is 2.98. The van der Waals surface area contributed by atoms with Gasteiger partial charge in [0.1, 0.15) is 0 Å². The van der Waals surface area contributed by atoms with Crippen molar-refractivity contribution in [1.29, 1.82) is 0 Å². The Balaban J connectivity index is 1.89. The molecule has 18 heavy (non-hydrogen) atoms. The lowest BCUT2D eigenvalue weighted by atomic mass is 10.2. The van der Waals surface area contributed by atoms with E-state index < -0.39 is 0 Å². The SMILES string of the molecule is CN(Cc1sccc1C#CCN)CC1CCCO1. The van der Waals surface area contributed by atoms with Crippen LogP contribution < -0.4 is 5.73 Å². The summed E-state index contributed by atoms with van der Waals surface area (Å²) in [6.45, 7) is 3.28. The molecule has 1 unspecified atom stereocenters. The molecule has 1 aromatic rings. The summed E-state index contributed by atoms with van der Waals surface area (Å²) in [6.07, 6.45) is 2.80. The smallest absolute Gasteiger partial charge is 0.0702 e. The molecule has 1 aromatic heterocycles. The fourth-order valence-electron chi connectivity index (χ4n) is 2.17. The molecular weight excluding hydrogens is 244 g/mol. The summed E-state index contributed by atoms with van der Waals surface area (Å²) in [5.41, 5.74) is 6.52. The molecule has 0 aromatic carbocycles. The summed E-state index contributed by atoms with van der Waals surface area (Å²) in [7, 11) is 2.14. The highest BCUT2D eigenvalue weighted by Gasteiger charge is 2.17. The quantitative estimate of drug-likeness (QED) is 0.841. The maximum atomic E-state index is 5.66. The number of nitrogens with zero attached hydrogens (tertiary/aromatic N) is 1. The van der Waals surface area contributed by atoms with Crippen molar-refractivity contribution in [2.75, 3.05) is 26.7 Å². The summed E-state index contributed by atoms with van der Waals surface area (Å²) in [5.74, 6) is 6.05. The van der Waals surface area contributed by atoms with Gasteiger partial charge in [0.2, 0.25) is 0 Å². The highest BCUT2D eigenvalue weighted by atomic mass is 32.1. The van der Waals surface area contributed by atoms with Crippen molar-refractivity contribution in [2.24, 2.45) is 5.73 Å². The number of nitrogens with two attached hydrogens (primary N) is 1. The molecule has 0 aliphatic carbocycles. The zero-order valence-electron chi connectivity index (χ0n) is 10.8. The van der Waals surface area contributed by atoms with E-state index in [1.165, 1.54) is 17.7 Å². The van der Waals surface area contributed by atoms with Crippen molar-refractivity contribution in [2.45, 2.75) is 25.5 Å². The second-order valence-corrected chi connectivity index (χ2v) is 5.60. The molecule has 1 aliphatic rings. The van der Waals surface area contributed by atoms with E-state index in [1.54, 1.807) is 11.3 Å². The van der Waals surface area contributed by atoms with Crippen LogP contribution in [0.25, 0.3) is 0 Å².